The first-order valence-electron chi connectivity index (χ1n) is 17.5. The number of para-hydroxylation sites is 1. The van der Waals surface area contributed by atoms with Crippen LogP contribution in [0, 0.1) is 5.92 Å². The number of rotatable bonds is 11. The minimum atomic E-state index is -0.132. The summed E-state index contributed by atoms with van der Waals surface area (Å²) in [6, 6.07) is 12.9. The molecule has 2 atom stereocenters. The van der Waals surface area contributed by atoms with Crippen LogP contribution in [0.25, 0.3) is 10.9 Å². The van der Waals surface area contributed by atoms with E-state index in [0.29, 0.717) is 17.4 Å². The molecule has 1 saturated heterocycles. The monoisotopic (exact) mass is 625 g/mol. The summed E-state index contributed by atoms with van der Waals surface area (Å²) in [4.78, 5) is 29.1. The Bertz CT molecular complexity index is 1590. The third-order valence-electron chi connectivity index (χ3n) is 10.4. The first-order chi connectivity index (χ1) is 22.0. The molecule has 3 aromatic rings. The zero-order valence-corrected chi connectivity index (χ0v) is 29.3. The Hall–Kier alpha value is -3.38. The van der Waals surface area contributed by atoms with Crippen molar-refractivity contribution in [2.24, 2.45) is 13.0 Å². The number of likely N-dealkylation sites (N-methyl/N-ethyl adjacent to an activating group) is 1. The lowest BCUT2D eigenvalue weighted by Crippen LogP contribution is -2.33. The van der Waals surface area contributed by atoms with Gasteiger partial charge in [-0.2, -0.15) is 0 Å². The van der Waals surface area contributed by atoms with E-state index in [1.54, 1.807) is 7.11 Å². The molecule has 1 aliphatic carbocycles. The van der Waals surface area contributed by atoms with Crippen LogP contribution in [0.2, 0.25) is 0 Å². The van der Waals surface area contributed by atoms with Gasteiger partial charge in [-0.15, -0.1) is 0 Å². The van der Waals surface area contributed by atoms with E-state index in [1.165, 1.54) is 16.7 Å². The normalized spacial score (nSPS) is 19.2. The van der Waals surface area contributed by atoms with E-state index in [0.717, 1.165) is 105 Å². The molecule has 0 bridgehead atoms. The van der Waals surface area contributed by atoms with E-state index < -0.39 is 0 Å². The van der Waals surface area contributed by atoms with Crippen molar-refractivity contribution in [2.75, 3.05) is 26.0 Å². The summed E-state index contributed by atoms with van der Waals surface area (Å²) in [6.45, 7) is 9.80. The lowest BCUT2D eigenvalue weighted by atomic mass is 9.85. The third-order valence-corrected chi connectivity index (χ3v) is 10.4. The molecule has 1 fully saturated rings. The number of fused-ring (bicyclic) bond motifs is 1. The Morgan fingerprint density at radius 3 is 2.50 bits per heavy atom. The molecule has 2 aliphatic rings. The summed E-state index contributed by atoms with van der Waals surface area (Å²) in [5, 5.41) is 4.30. The van der Waals surface area contributed by atoms with Crippen molar-refractivity contribution < 1.29 is 14.3 Å². The highest BCUT2D eigenvalue weighted by molar-refractivity contribution is 6.07. The van der Waals surface area contributed by atoms with Crippen molar-refractivity contribution in [3.05, 3.63) is 70.4 Å². The number of methoxy groups -OCH3 is 1. The van der Waals surface area contributed by atoms with Crippen LogP contribution in [0.4, 0.5) is 5.69 Å². The van der Waals surface area contributed by atoms with Crippen molar-refractivity contribution in [1.29, 1.82) is 0 Å². The predicted molar refractivity (Wildman–Crippen MR) is 190 cm³/mol. The molecule has 2 aromatic carbocycles. The average Bonchev–Trinajstić information content (AvgIpc) is 3.52. The number of likely N-dealkylation sites (tertiary alicyclic amines) is 1. The maximum atomic E-state index is 13.8. The van der Waals surface area contributed by atoms with Crippen LogP contribution in [0.1, 0.15) is 113 Å². The van der Waals surface area contributed by atoms with E-state index in [9.17, 15) is 9.59 Å². The first-order valence-corrected chi connectivity index (χ1v) is 17.5. The van der Waals surface area contributed by atoms with Crippen LogP contribution in [0.15, 0.2) is 48.0 Å². The highest BCUT2D eigenvalue weighted by Gasteiger charge is 2.29. The molecule has 1 aromatic heterocycles. The lowest BCUT2D eigenvalue weighted by Gasteiger charge is -2.24. The molecular formula is C40H55N3O3. The van der Waals surface area contributed by atoms with Gasteiger partial charge < -0.3 is 14.6 Å². The van der Waals surface area contributed by atoms with Gasteiger partial charge in [0, 0.05) is 18.9 Å². The number of nitrogens with zero attached hydrogens (tertiary/aromatic N) is 2. The van der Waals surface area contributed by atoms with E-state index in [2.05, 4.69) is 85.9 Å². The Balaban J connectivity index is 1.28. The molecular weight excluding hydrogens is 570 g/mol. The second kappa shape index (κ2) is 14.6. The molecule has 1 amide bonds. The number of ether oxygens (including phenoxy) is 1. The number of hydrogen-bond acceptors (Lipinski definition) is 4. The number of carbonyl (C=O) groups is 2. The van der Waals surface area contributed by atoms with E-state index in [4.69, 9.17) is 4.74 Å². The minimum Gasteiger partial charge on any atom is -0.494 e. The number of Topliss-reactive ketones (excluding diaryl/α,β-unsaturated/α-hetero) is 1. The first kappa shape index (κ1) is 34.0. The summed E-state index contributed by atoms with van der Waals surface area (Å²) < 4.78 is 7.90. The largest absolute Gasteiger partial charge is 0.494 e. The van der Waals surface area contributed by atoms with Gasteiger partial charge in [-0.1, -0.05) is 70.0 Å². The van der Waals surface area contributed by atoms with E-state index >= 15 is 0 Å². The van der Waals surface area contributed by atoms with Gasteiger partial charge in [-0.05, 0) is 112 Å². The molecule has 0 radical (unpaired) electrons. The number of aromatic nitrogens is 1. The Morgan fingerprint density at radius 2 is 1.80 bits per heavy atom. The molecule has 2 heterocycles. The summed E-state index contributed by atoms with van der Waals surface area (Å²) in [7, 11) is 5.78. The maximum absolute atomic E-state index is 13.8. The third kappa shape index (κ3) is 7.60. The molecule has 0 saturated carbocycles. The maximum Gasteiger partial charge on any atom is 0.272 e. The zero-order chi connectivity index (χ0) is 33.0. The van der Waals surface area contributed by atoms with Gasteiger partial charge in [-0.25, -0.2) is 0 Å². The highest BCUT2D eigenvalue weighted by Crippen LogP contribution is 2.37. The summed E-state index contributed by atoms with van der Waals surface area (Å²) >= 11 is 0. The quantitative estimate of drug-likeness (QED) is 0.216. The van der Waals surface area contributed by atoms with Crippen molar-refractivity contribution in [1.82, 2.24) is 9.47 Å². The number of hydrogen-bond donors (Lipinski definition) is 1. The fourth-order valence-corrected chi connectivity index (χ4v) is 7.64. The zero-order valence-electron chi connectivity index (χ0n) is 29.3. The van der Waals surface area contributed by atoms with Crippen LogP contribution in [-0.4, -0.2) is 47.9 Å². The molecule has 1 N–H and O–H groups in total. The number of ketones is 1. The molecule has 6 nitrogen and oxygen atoms in total. The van der Waals surface area contributed by atoms with Gasteiger partial charge in [0.25, 0.3) is 5.91 Å². The number of allylic oxidation sites excluding steroid dienone is 2. The second-order valence-corrected chi connectivity index (χ2v) is 14.8. The van der Waals surface area contributed by atoms with Crippen LogP contribution in [0.5, 0.6) is 5.75 Å². The number of carbonyl (C=O) groups excluding carboxylic acids is 2. The standard InChI is InChI=1S/C40H55N3O3/c1-8-12-31-24-32(40(2,3)4)26-33(38(31)46-7)41-39(45)35-25-30-16-10-15-29(37(30)43(35)6)21-20-27-13-9-14-28(19-18-27)23-36(44)34-17-11-22-42(34)5/h10,13,15-16,24-26,28,34H,8-9,11-12,14,17-23H2,1-7H3,(H,41,45). The molecule has 1 aliphatic heterocycles. The summed E-state index contributed by atoms with van der Waals surface area (Å²) in [6.07, 6.45) is 13.5. The van der Waals surface area contributed by atoms with Gasteiger partial charge >= 0.3 is 0 Å². The number of amides is 1. The fraction of sp³-hybridized carbons (Fsp3) is 0.550. The Labute approximate surface area is 276 Å². The summed E-state index contributed by atoms with van der Waals surface area (Å²) in [5.74, 6) is 1.56. The fourth-order valence-electron chi connectivity index (χ4n) is 7.64. The SMILES string of the molecule is CCCc1cc(C(C)(C)C)cc(NC(=O)c2cc3cccc(CCC4=CCCC(CC(=O)C5CCCN5C)CC4)c3n2C)c1OC. The van der Waals surface area contributed by atoms with Crippen LogP contribution in [-0.2, 0) is 30.1 Å². The number of anilines is 1. The average molecular weight is 626 g/mol. The topological polar surface area (TPSA) is 63.6 Å². The predicted octanol–water partition coefficient (Wildman–Crippen LogP) is 8.79. The summed E-state index contributed by atoms with van der Waals surface area (Å²) in [5.41, 5.74) is 7.50. The lowest BCUT2D eigenvalue weighted by molar-refractivity contribution is -0.124. The second-order valence-electron chi connectivity index (χ2n) is 14.8. The van der Waals surface area contributed by atoms with Crippen LogP contribution in [0.3, 0.4) is 0 Å². The van der Waals surface area contributed by atoms with Crippen molar-refractivity contribution >= 4 is 28.3 Å². The Kier molecular flexibility index (Phi) is 10.8. The molecule has 5 rings (SSSR count). The molecule has 248 valence electrons. The Morgan fingerprint density at radius 1 is 1.00 bits per heavy atom. The smallest absolute Gasteiger partial charge is 0.272 e. The number of benzene rings is 2. The van der Waals surface area contributed by atoms with E-state index in [1.807, 2.05) is 13.1 Å². The highest BCUT2D eigenvalue weighted by atomic mass is 16.5. The minimum absolute atomic E-state index is 0.0552. The van der Waals surface area contributed by atoms with Crippen molar-refractivity contribution in [3.8, 4) is 5.75 Å². The van der Waals surface area contributed by atoms with Gasteiger partial charge in [0.15, 0.2) is 0 Å². The van der Waals surface area contributed by atoms with Crippen molar-refractivity contribution in [3.63, 3.8) is 0 Å². The van der Waals surface area contributed by atoms with Gasteiger partial charge in [0.1, 0.15) is 17.2 Å². The van der Waals surface area contributed by atoms with E-state index in [-0.39, 0.29) is 17.4 Å². The molecule has 2 unspecified atom stereocenters. The van der Waals surface area contributed by atoms with Gasteiger partial charge in [0.2, 0.25) is 0 Å². The molecule has 6 heteroatoms. The van der Waals surface area contributed by atoms with Crippen LogP contribution >= 0.6 is 0 Å². The molecule has 0 spiro atoms. The van der Waals surface area contributed by atoms with Gasteiger partial charge in [0.05, 0.1) is 24.4 Å². The number of aryl methyl sites for hydroxylation is 3. The van der Waals surface area contributed by atoms with Gasteiger partial charge in [-0.3, -0.25) is 14.5 Å². The molecule has 46 heavy (non-hydrogen) atoms. The number of nitrogens with one attached hydrogen (secondary N) is 1. The van der Waals surface area contributed by atoms with Crippen LogP contribution < -0.4 is 10.1 Å². The van der Waals surface area contributed by atoms with Crippen molar-refractivity contribution in [2.45, 2.75) is 110 Å².